The zero-order valence-corrected chi connectivity index (χ0v) is 14.1. The summed E-state index contributed by atoms with van der Waals surface area (Å²) in [6, 6.07) is 5.59. The van der Waals surface area contributed by atoms with Crippen LogP contribution >= 0.6 is 11.3 Å². The maximum absolute atomic E-state index is 13.6. The fraction of sp³-hybridized carbons (Fsp3) is 0.389. The average molecular weight is 350 g/mol. The summed E-state index contributed by atoms with van der Waals surface area (Å²) in [7, 11) is 0. The lowest BCUT2D eigenvalue weighted by molar-refractivity contribution is 0.0927. The zero-order chi connectivity index (χ0) is 16.9. The van der Waals surface area contributed by atoms with Crippen molar-refractivity contribution in [2.45, 2.75) is 19.4 Å². The quantitative estimate of drug-likeness (QED) is 0.892. The van der Waals surface area contributed by atoms with Gasteiger partial charge in [0.05, 0.1) is 0 Å². The van der Waals surface area contributed by atoms with E-state index in [0.29, 0.717) is 12.5 Å². The van der Waals surface area contributed by atoms with Crippen molar-refractivity contribution in [1.29, 1.82) is 0 Å². The number of carbonyl (C=O) groups excluding carboxylic acids is 1. The minimum Gasteiger partial charge on any atom is -0.352 e. The molecular formula is C18H20F2N2OS. The molecule has 0 radical (unpaired) electrons. The molecule has 1 saturated heterocycles. The molecule has 0 aliphatic carbocycles. The number of halogens is 2. The second kappa shape index (κ2) is 7.85. The standard InChI is InChI=1S/C18H20F2N2OS/c19-15-2-1-3-16(20)17(15)18(23)21-10-13-4-7-22(8-5-13)11-14-6-9-24-12-14/h1-3,6,9,12-13H,4-5,7-8,10-11H2,(H,21,23). The summed E-state index contributed by atoms with van der Waals surface area (Å²) in [5.74, 6) is -1.97. The molecule has 1 aliphatic heterocycles. The number of likely N-dealkylation sites (tertiary alicyclic amines) is 1. The maximum atomic E-state index is 13.6. The van der Waals surface area contributed by atoms with Crippen LogP contribution in [0.15, 0.2) is 35.0 Å². The van der Waals surface area contributed by atoms with Gasteiger partial charge in [0.2, 0.25) is 0 Å². The van der Waals surface area contributed by atoms with Crippen LogP contribution < -0.4 is 5.32 Å². The first kappa shape index (κ1) is 17.0. The number of carbonyl (C=O) groups is 1. The zero-order valence-electron chi connectivity index (χ0n) is 13.3. The molecule has 0 bridgehead atoms. The number of piperidine rings is 1. The Morgan fingerprint density at radius 3 is 2.54 bits per heavy atom. The van der Waals surface area contributed by atoms with Crippen molar-refractivity contribution in [3.8, 4) is 0 Å². The van der Waals surface area contributed by atoms with Crippen molar-refractivity contribution >= 4 is 17.2 Å². The summed E-state index contributed by atoms with van der Waals surface area (Å²) in [4.78, 5) is 14.4. The molecule has 24 heavy (non-hydrogen) atoms. The van der Waals surface area contributed by atoms with Crippen LogP contribution in [-0.4, -0.2) is 30.4 Å². The molecule has 1 amide bonds. The van der Waals surface area contributed by atoms with Crippen molar-refractivity contribution in [3.63, 3.8) is 0 Å². The van der Waals surface area contributed by atoms with Crippen LogP contribution in [0.2, 0.25) is 0 Å². The van der Waals surface area contributed by atoms with Gasteiger partial charge in [-0.2, -0.15) is 11.3 Å². The highest BCUT2D eigenvalue weighted by atomic mass is 32.1. The smallest absolute Gasteiger partial charge is 0.257 e. The summed E-state index contributed by atoms with van der Waals surface area (Å²) < 4.78 is 27.2. The molecule has 1 fully saturated rings. The third-order valence-corrected chi connectivity index (χ3v) is 5.17. The lowest BCUT2D eigenvalue weighted by Crippen LogP contribution is -2.38. The largest absolute Gasteiger partial charge is 0.352 e. The summed E-state index contributed by atoms with van der Waals surface area (Å²) in [6.07, 6.45) is 1.95. The molecule has 0 spiro atoms. The number of amides is 1. The Hall–Kier alpha value is -1.79. The van der Waals surface area contributed by atoms with Gasteiger partial charge in [-0.3, -0.25) is 9.69 Å². The van der Waals surface area contributed by atoms with Crippen molar-refractivity contribution in [2.24, 2.45) is 5.92 Å². The number of thiophene rings is 1. The molecule has 0 atom stereocenters. The van der Waals surface area contributed by atoms with Crippen LogP contribution in [0.1, 0.15) is 28.8 Å². The summed E-state index contributed by atoms with van der Waals surface area (Å²) in [5, 5.41) is 6.92. The third-order valence-electron chi connectivity index (χ3n) is 4.43. The first-order valence-electron chi connectivity index (χ1n) is 8.09. The van der Waals surface area contributed by atoms with E-state index in [9.17, 15) is 13.6 Å². The van der Waals surface area contributed by atoms with E-state index in [1.807, 2.05) is 0 Å². The van der Waals surface area contributed by atoms with E-state index < -0.39 is 23.1 Å². The monoisotopic (exact) mass is 350 g/mol. The molecule has 1 N–H and O–H groups in total. The van der Waals surface area contributed by atoms with E-state index in [4.69, 9.17) is 0 Å². The van der Waals surface area contributed by atoms with E-state index >= 15 is 0 Å². The Kier molecular flexibility index (Phi) is 5.58. The lowest BCUT2D eigenvalue weighted by Gasteiger charge is -2.31. The molecule has 3 rings (SSSR count). The van der Waals surface area contributed by atoms with Crippen LogP contribution in [0, 0.1) is 17.6 Å². The second-order valence-electron chi connectivity index (χ2n) is 6.16. The Labute approximate surface area is 144 Å². The van der Waals surface area contributed by atoms with Gasteiger partial charge < -0.3 is 5.32 Å². The van der Waals surface area contributed by atoms with E-state index in [2.05, 4.69) is 27.0 Å². The average Bonchev–Trinajstić information content (AvgIpc) is 3.07. The molecule has 128 valence electrons. The molecule has 0 unspecified atom stereocenters. The van der Waals surface area contributed by atoms with E-state index in [1.54, 1.807) is 11.3 Å². The van der Waals surface area contributed by atoms with E-state index in [1.165, 1.54) is 11.6 Å². The molecule has 2 aromatic rings. The SMILES string of the molecule is O=C(NCC1CCN(Cc2ccsc2)CC1)c1c(F)cccc1F. The molecule has 1 aromatic heterocycles. The maximum Gasteiger partial charge on any atom is 0.257 e. The summed E-state index contributed by atoms with van der Waals surface area (Å²) in [5.41, 5.74) is 0.842. The normalized spacial score (nSPS) is 16.2. The molecular weight excluding hydrogens is 330 g/mol. The first-order valence-corrected chi connectivity index (χ1v) is 9.03. The van der Waals surface area contributed by atoms with E-state index in [0.717, 1.165) is 44.6 Å². The molecule has 1 aromatic carbocycles. The van der Waals surface area contributed by atoms with Gasteiger partial charge in [-0.15, -0.1) is 0 Å². The minimum absolute atomic E-state index is 0.350. The Morgan fingerprint density at radius 2 is 1.92 bits per heavy atom. The number of hydrogen-bond acceptors (Lipinski definition) is 3. The number of rotatable bonds is 5. The summed E-state index contributed by atoms with van der Waals surface area (Å²) >= 11 is 1.70. The minimum atomic E-state index is -0.821. The van der Waals surface area contributed by atoms with Gasteiger partial charge in [0, 0.05) is 13.1 Å². The third kappa shape index (κ3) is 4.19. The van der Waals surface area contributed by atoms with Gasteiger partial charge in [-0.1, -0.05) is 6.07 Å². The highest BCUT2D eigenvalue weighted by Crippen LogP contribution is 2.20. The van der Waals surface area contributed by atoms with Gasteiger partial charge in [-0.25, -0.2) is 8.78 Å². The highest BCUT2D eigenvalue weighted by molar-refractivity contribution is 7.07. The fourth-order valence-corrected chi connectivity index (χ4v) is 3.69. The summed E-state index contributed by atoms with van der Waals surface area (Å²) in [6.45, 7) is 3.37. The van der Waals surface area contributed by atoms with Crippen LogP contribution in [0.4, 0.5) is 8.78 Å². The van der Waals surface area contributed by atoms with Crippen LogP contribution in [0.25, 0.3) is 0 Å². The fourth-order valence-electron chi connectivity index (χ4n) is 3.03. The van der Waals surface area contributed by atoms with Gasteiger partial charge in [0.25, 0.3) is 5.91 Å². The Bertz CT molecular complexity index is 662. The molecule has 2 heterocycles. The second-order valence-corrected chi connectivity index (χ2v) is 6.94. The number of nitrogens with one attached hydrogen (secondary N) is 1. The Balaban J connectivity index is 1.46. The van der Waals surface area contributed by atoms with Crippen LogP contribution in [-0.2, 0) is 6.54 Å². The Morgan fingerprint density at radius 1 is 1.21 bits per heavy atom. The van der Waals surface area contributed by atoms with Crippen LogP contribution in [0.3, 0.4) is 0 Å². The van der Waals surface area contributed by atoms with Gasteiger partial charge >= 0.3 is 0 Å². The molecule has 3 nitrogen and oxygen atoms in total. The van der Waals surface area contributed by atoms with Gasteiger partial charge in [0.15, 0.2) is 0 Å². The lowest BCUT2D eigenvalue weighted by atomic mass is 9.96. The first-order chi connectivity index (χ1) is 11.6. The predicted octanol–water partition coefficient (Wildman–Crippen LogP) is 3.67. The number of benzene rings is 1. The van der Waals surface area contributed by atoms with Crippen molar-refractivity contribution in [1.82, 2.24) is 10.2 Å². The number of hydrogen-bond donors (Lipinski definition) is 1. The number of nitrogens with zero attached hydrogens (tertiary/aromatic N) is 1. The topological polar surface area (TPSA) is 32.3 Å². The predicted molar refractivity (Wildman–Crippen MR) is 91.0 cm³/mol. The van der Waals surface area contributed by atoms with Crippen LogP contribution in [0.5, 0.6) is 0 Å². The highest BCUT2D eigenvalue weighted by Gasteiger charge is 2.22. The van der Waals surface area contributed by atoms with Gasteiger partial charge in [0.1, 0.15) is 17.2 Å². The molecule has 0 saturated carbocycles. The molecule has 6 heteroatoms. The van der Waals surface area contributed by atoms with Gasteiger partial charge in [-0.05, 0) is 66.4 Å². The molecule has 1 aliphatic rings. The van der Waals surface area contributed by atoms with Crippen molar-refractivity contribution in [2.75, 3.05) is 19.6 Å². The van der Waals surface area contributed by atoms with Crippen molar-refractivity contribution in [3.05, 3.63) is 57.8 Å². The van der Waals surface area contributed by atoms with Crippen molar-refractivity contribution < 1.29 is 13.6 Å². The van der Waals surface area contributed by atoms with E-state index in [-0.39, 0.29) is 0 Å².